The Labute approximate surface area is 126 Å². The number of halogens is 4. The minimum absolute atomic E-state index is 0.0862. The van der Waals surface area contributed by atoms with E-state index in [1.807, 2.05) is 0 Å². The number of carbonyl (C=O) groups is 1. The largest absolute Gasteiger partial charge is 0.407 e. The van der Waals surface area contributed by atoms with Crippen molar-refractivity contribution in [3.63, 3.8) is 0 Å². The summed E-state index contributed by atoms with van der Waals surface area (Å²) in [6, 6.07) is 2.84. The van der Waals surface area contributed by atoms with Crippen molar-refractivity contribution in [2.45, 2.75) is 18.7 Å². The van der Waals surface area contributed by atoms with Gasteiger partial charge >= 0.3 is 6.18 Å². The molecule has 108 valence electrons. The number of amides is 1. The van der Waals surface area contributed by atoms with Crippen LogP contribution in [0, 0.1) is 6.57 Å². The number of nitrogens with zero attached hydrogens (tertiary/aromatic N) is 1. The molecule has 1 rings (SSSR count). The van der Waals surface area contributed by atoms with E-state index in [9.17, 15) is 23.1 Å². The topological polar surface area (TPSA) is 53.7 Å². The minimum atomic E-state index is -4.69. The lowest BCUT2D eigenvalue weighted by Gasteiger charge is -2.20. The van der Waals surface area contributed by atoms with E-state index in [1.165, 1.54) is 13.0 Å². The number of alkyl halides is 4. The van der Waals surface area contributed by atoms with E-state index in [4.69, 9.17) is 6.57 Å². The second-order valence-electron chi connectivity index (χ2n) is 4.20. The molecule has 2 N–H and O–H groups in total. The maximum atomic E-state index is 12.7. The summed E-state index contributed by atoms with van der Waals surface area (Å²) in [6.45, 7) is 7.96. The molecule has 4 nitrogen and oxygen atoms in total. The lowest BCUT2D eigenvalue weighted by atomic mass is 10.1. The molecule has 0 radical (unpaired) electrons. The predicted molar refractivity (Wildman–Crippen MR) is 75.8 cm³/mol. The molecule has 0 aliphatic rings. The number of carbonyl (C=O) groups excluding carboxylic acids is 1. The van der Waals surface area contributed by atoms with Crippen molar-refractivity contribution in [2.24, 2.45) is 0 Å². The van der Waals surface area contributed by atoms with Crippen LogP contribution in [0.2, 0.25) is 0 Å². The van der Waals surface area contributed by atoms with Gasteiger partial charge in [-0.15, -0.1) is 0 Å². The molecular weight excluding hydrogens is 384 g/mol. The van der Waals surface area contributed by atoms with Gasteiger partial charge < -0.3 is 10.4 Å². The fourth-order valence-electron chi connectivity index (χ4n) is 1.26. The van der Waals surface area contributed by atoms with Crippen molar-refractivity contribution in [3.05, 3.63) is 35.2 Å². The van der Waals surface area contributed by atoms with Gasteiger partial charge in [0.1, 0.15) is 5.60 Å². The zero-order chi connectivity index (χ0) is 15.6. The average molecular weight is 394 g/mol. The summed E-state index contributed by atoms with van der Waals surface area (Å²) in [4.78, 5) is 14.5. The third-order valence-corrected chi connectivity index (χ3v) is 3.91. The highest BCUT2D eigenvalue weighted by Gasteiger charge is 2.34. The second-order valence-corrected chi connectivity index (χ2v) is 4.97. The van der Waals surface area contributed by atoms with E-state index in [-0.39, 0.29) is 10.1 Å². The van der Waals surface area contributed by atoms with Gasteiger partial charge in [0.2, 0.25) is 0 Å². The van der Waals surface area contributed by atoms with E-state index in [2.05, 4.69) is 10.2 Å². The van der Waals surface area contributed by atoms with E-state index in [0.29, 0.717) is 6.07 Å². The number of benzene rings is 1. The van der Waals surface area contributed by atoms with Gasteiger partial charge in [-0.25, -0.2) is 4.85 Å². The zero-order valence-electron chi connectivity index (χ0n) is 10.3. The smallest absolute Gasteiger partial charge is 0.379 e. The predicted octanol–water partition coefficient (Wildman–Crippen LogP) is 3.38. The van der Waals surface area contributed by atoms with Gasteiger partial charge in [0, 0.05) is 10.1 Å². The van der Waals surface area contributed by atoms with Crippen molar-refractivity contribution >= 4 is 39.9 Å². The lowest BCUT2D eigenvalue weighted by molar-refractivity contribution is -0.137. The normalized spacial score (nSPS) is 14.2. The molecule has 1 aromatic rings. The molecule has 0 saturated heterocycles. The maximum absolute atomic E-state index is 12.7. The fraction of sp³-hybridized carbons (Fsp3) is 0.333. The monoisotopic (exact) mass is 394 g/mol. The van der Waals surface area contributed by atoms with Crippen molar-refractivity contribution in [1.29, 1.82) is 0 Å². The molecule has 0 spiro atoms. The molecule has 0 saturated carbocycles. The zero-order valence-corrected chi connectivity index (χ0v) is 12.4. The number of anilines is 1. The summed E-state index contributed by atoms with van der Waals surface area (Å²) in [6.07, 6.45) is -4.69. The molecule has 1 atom stereocenters. The minimum Gasteiger partial charge on any atom is -0.379 e. The Kier molecular flexibility index (Phi) is 4.99. The molecule has 8 heteroatoms. The van der Waals surface area contributed by atoms with Crippen LogP contribution in [0.3, 0.4) is 0 Å². The summed E-state index contributed by atoms with van der Waals surface area (Å²) in [5.74, 6) is -0.810. The highest BCUT2D eigenvalue weighted by molar-refractivity contribution is 14.1. The molecule has 0 aromatic heterocycles. The number of hydrogen-bond donors (Lipinski definition) is 2. The van der Waals surface area contributed by atoms with Gasteiger partial charge in [-0.05, 0) is 19.1 Å². The van der Waals surface area contributed by atoms with Crippen LogP contribution in [-0.4, -0.2) is 21.0 Å². The first-order valence-electron chi connectivity index (χ1n) is 5.30. The van der Waals surface area contributed by atoms with Crippen LogP contribution >= 0.6 is 22.6 Å². The Morgan fingerprint density at radius 3 is 2.55 bits per heavy atom. The van der Waals surface area contributed by atoms with Crippen LogP contribution in [0.4, 0.5) is 24.5 Å². The number of aliphatic hydroxyl groups is 1. The quantitative estimate of drug-likeness (QED) is 0.469. The first-order chi connectivity index (χ1) is 9.11. The van der Waals surface area contributed by atoms with E-state index < -0.39 is 28.9 Å². The Bertz CT molecular complexity index is 565. The summed E-state index contributed by atoms with van der Waals surface area (Å²) in [7, 11) is 0. The van der Waals surface area contributed by atoms with Crippen LogP contribution in [0.1, 0.15) is 12.5 Å². The van der Waals surface area contributed by atoms with Crippen LogP contribution in [-0.2, 0) is 11.0 Å². The Balaban J connectivity index is 3.12. The van der Waals surface area contributed by atoms with Gasteiger partial charge in [0.25, 0.3) is 5.91 Å². The molecule has 0 fully saturated rings. The SMILES string of the molecule is [C-]#[N+]c1ccc(NC(=O)[C@@](C)(O)C[123I])cc1C(F)(F)F. The highest BCUT2D eigenvalue weighted by Crippen LogP contribution is 2.38. The molecule has 20 heavy (non-hydrogen) atoms. The van der Waals surface area contributed by atoms with Crippen molar-refractivity contribution < 1.29 is 23.1 Å². The second kappa shape index (κ2) is 5.97. The average Bonchev–Trinajstić information content (AvgIpc) is 2.37. The summed E-state index contributed by atoms with van der Waals surface area (Å²) in [5, 5.41) is 11.9. The van der Waals surface area contributed by atoms with Crippen molar-refractivity contribution in [3.8, 4) is 0 Å². The molecule has 0 unspecified atom stereocenters. The van der Waals surface area contributed by atoms with Crippen LogP contribution in [0.25, 0.3) is 4.85 Å². The van der Waals surface area contributed by atoms with Crippen LogP contribution in [0.15, 0.2) is 18.2 Å². The molecule has 0 aliphatic heterocycles. The molecular formula is C12H10F3IN2O2. The maximum Gasteiger partial charge on any atom is 0.407 e. The third-order valence-electron chi connectivity index (χ3n) is 2.43. The van der Waals surface area contributed by atoms with Gasteiger partial charge in [-0.1, -0.05) is 28.7 Å². The Morgan fingerprint density at radius 1 is 1.50 bits per heavy atom. The van der Waals surface area contributed by atoms with Gasteiger partial charge in [-0.2, -0.15) is 13.2 Å². The number of rotatable bonds is 3. The van der Waals surface area contributed by atoms with Crippen molar-refractivity contribution in [2.75, 3.05) is 9.74 Å². The molecule has 0 aliphatic carbocycles. The summed E-state index contributed by atoms with van der Waals surface area (Å²) in [5.41, 5.74) is -3.48. The molecule has 0 heterocycles. The van der Waals surface area contributed by atoms with E-state index in [0.717, 1.165) is 6.07 Å². The Hall–Kier alpha value is -1.34. The first kappa shape index (κ1) is 16.7. The van der Waals surface area contributed by atoms with Gasteiger partial charge in [0.15, 0.2) is 5.69 Å². The lowest BCUT2D eigenvalue weighted by Crippen LogP contribution is -2.41. The summed E-state index contributed by atoms with van der Waals surface area (Å²) >= 11 is 1.79. The molecule has 1 amide bonds. The van der Waals surface area contributed by atoms with Gasteiger partial charge in [0.05, 0.1) is 12.1 Å². The van der Waals surface area contributed by atoms with Crippen LogP contribution < -0.4 is 5.32 Å². The van der Waals surface area contributed by atoms with E-state index >= 15 is 0 Å². The standard InChI is InChI=1S/C12H10F3IN2O2/c1-11(20,6-16)10(19)18-7-3-4-9(17-2)8(5-7)12(13,14)15/h3-5,20H,6H2,1H3,(H,18,19)/t11-/m0/s1/i16-4. The Morgan fingerprint density at radius 2 is 2.10 bits per heavy atom. The van der Waals surface area contributed by atoms with Crippen LogP contribution in [0.5, 0.6) is 0 Å². The fourth-order valence-corrected chi connectivity index (χ4v) is 1.61. The number of nitrogens with one attached hydrogen (secondary N) is 1. The molecule has 0 bridgehead atoms. The summed E-state index contributed by atoms with van der Waals surface area (Å²) < 4.78 is 38.3. The highest BCUT2D eigenvalue weighted by atomic mass is 123. The molecule has 1 aromatic carbocycles. The van der Waals surface area contributed by atoms with E-state index in [1.54, 1.807) is 22.6 Å². The first-order valence-corrected chi connectivity index (χ1v) is 6.83. The van der Waals surface area contributed by atoms with Gasteiger partial charge in [-0.3, -0.25) is 4.79 Å². The third kappa shape index (κ3) is 3.83. The number of hydrogen-bond acceptors (Lipinski definition) is 2. The van der Waals surface area contributed by atoms with Crippen molar-refractivity contribution in [1.82, 2.24) is 0 Å².